The van der Waals surface area contributed by atoms with Gasteiger partial charge in [-0.05, 0) is 38.8 Å². The Morgan fingerprint density at radius 1 is 1.06 bits per heavy atom. The van der Waals surface area contributed by atoms with E-state index >= 15 is 0 Å². The van der Waals surface area contributed by atoms with Gasteiger partial charge in [-0.15, -0.1) is 0 Å². The molecule has 2 rings (SSSR count). The van der Waals surface area contributed by atoms with E-state index in [-0.39, 0.29) is 5.41 Å². The fraction of sp³-hybridized carbons (Fsp3) is 0.923. The van der Waals surface area contributed by atoms with E-state index in [2.05, 4.69) is 4.90 Å². The van der Waals surface area contributed by atoms with Gasteiger partial charge >= 0.3 is 0 Å². The van der Waals surface area contributed by atoms with E-state index in [4.69, 9.17) is 4.74 Å². The Labute approximate surface area is 98.1 Å². The maximum absolute atomic E-state index is 11.4. The van der Waals surface area contributed by atoms with Crippen LogP contribution in [0.1, 0.15) is 38.5 Å². The lowest BCUT2D eigenvalue weighted by Gasteiger charge is -2.36. The van der Waals surface area contributed by atoms with Crippen LogP contribution >= 0.6 is 0 Å². The summed E-state index contributed by atoms with van der Waals surface area (Å²) < 4.78 is 5.36. The lowest BCUT2D eigenvalue weighted by atomic mass is 9.81. The minimum atomic E-state index is -0.109. The van der Waals surface area contributed by atoms with E-state index < -0.39 is 0 Å². The van der Waals surface area contributed by atoms with Crippen LogP contribution in [-0.2, 0) is 9.53 Å². The van der Waals surface area contributed by atoms with Crippen LogP contribution in [0.25, 0.3) is 0 Å². The molecule has 0 spiro atoms. The number of likely N-dealkylation sites (tertiary alicyclic amines) is 1. The number of hydrogen-bond donors (Lipinski definition) is 0. The number of aldehydes is 1. The first-order valence-corrected chi connectivity index (χ1v) is 6.61. The molecular formula is C13H23NO2. The molecule has 2 aliphatic heterocycles. The van der Waals surface area contributed by atoms with E-state index in [1.54, 1.807) is 0 Å². The van der Waals surface area contributed by atoms with Crippen molar-refractivity contribution in [1.82, 2.24) is 4.90 Å². The van der Waals surface area contributed by atoms with Crippen molar-refractivity contribution in [3.8, 4) is 0 Å². The van der Waals surface area contributed by atoms with Crippen molar-refractivity contribution in [2.45, 2.75) is 38.5 Å². The highest BCUT2D eigenvalue weighted by Crippen LogP contribution is 2.30. The molecule has 3 nitrogen and oxygen atoms in total. The number of nitrogens with zero attached hydrogens (tertiary/aromatic N) is 1. The highest BCUT2D eigenvalue weighted by Gasteiger charge is 2.34. The van der Waals surface area contributed by atoms with Crippen LogP contribution in [-0.4, -0.2) is 44.0 Å². The Hall–Kier alpha value is -0.410. The molecule has 2 saturated heterocycles. The Kier molecular flexibility index (Phi) is 4.36. The standard InChI is InChI=1S/C13H23NO2/c15-12-13(5-9-16-10-6-13)11-14-7-3-1-2-4-8-14/h12H,1-11H2. The van der Waals surface area contributed by atoms with Gasteiger partial charge in [0.2, 0.25) is 0 Å². The van der Waals surface area contributed by atoms with Gasteiger partial charge in [0.15, 0.2) is 0 Å². The summed E-state index contributed by atoms with van der Waals surface area (Å²) in [7, 11) is 0. The van der Waals surface area contributed by atoms with Crippen LogP contribution < -0.4 is 0 Å². The van der Waals surface area contributed by atoms with Crippen LogP contribution in [0.5, 0.6) is 0 Å². The molecule has 92 valence electrons. The van der Waals surface area contributed by atoms with E-state index in [0.717, 1.165) is 32.6 Å². The molecule has 2 heterocycles. The van der Waals surface area contributed by atoms with Crippen LogP contribution in [0.2, 0.25) is 0 Å². The number of carbonyl (C=O) groups is 1. The largest absolute Gasteiger partial charge is 0.381 e. The highest BCUT2D eigenvalue weighted by atomic mass is 16.5. The van der Waals surface area contributed by atoms with E-state index in [1.165, 1.54) is 45.1 Å². The molecule has 16 heavy (non-hydrogen) atoms. The summed E-state index contributed by atoms with van der Waals surface area (Å²) in [6, 6.07) is 0. The minimum absolute atomic E-state index is 0.109. The van der Waals surface area contributed by atoms with Crippen LogP contribution in [0.4, 0.5) is 0 Å². The average Bonchev–Trinajstić information content (AvgIpc) is 2.59. The van der Waals surface area contributed by atoms with E-state index in [0.29, 0.717) is 0 Å². The zero-order valence-electron chi connectivity index (χ0n) is 10.1. The SMILES string of the molecule is O=CC1(CN2CCCCCC2)CCOCC1. The molecule has 0 bridgehead atoms. The number of ether oxygens (including phenoxy) is 1. The number of carbonyl (C=O) groups excluding carboxylic acids is 1. The second-order valence-corrected chi connectivity index (χ2v) is 5.28. The summed E-state index contributed by atoms with van der Waals surface area (Å²) in [5, 5.41) is 0. The molecule has 0 radical (unpaired) electrons. The van der Waals surface area contributed by atoms with E-state index in [9.17, 15) is 4.79 Å². The normalized spacial score (nSPS) is 27.2. The molecule has 2 fully saturated rings. The Bertz CT molecular complexity index is 216. The first-order chi connectivity index (χ1) is 7.85. The molecule has 0 aromatic rings. The minimum Gasteiger partial charge on any atom is -0.381 e. The molecular weight excluding hydrogens is 202 g/mol. The molecule has 0 saturated carbocycles. The monoisotopic (exact) mass is 225 g/mol. The van der Waals surface area contributed by atoms with Gasteiger partial charge in [-0.25, -0.2) is 0 Å². The third kappa shape index (κ3) is 3.05. The van der Waals surface area contributed by atoms with Crippen LogP contribution in [0.3, 0.4) is 0 Å². The van der Waals surface area contributed by atoms with Gasteiger partial charge in [0.05, 0.1) is 0 Å². The quantitative estimate of drug-likeness (QED) is 0.687. The van der Waals surface area contributed by atoms with Crippen molar-refractivity contribution in [3.05, 3.63) is 0 Å². The van der Waals surface area contributed by atoms with Crippen molar-refractivity contribution < 1.29 is 9.53 Å². The molecule has 0 aromatic carbocycles. The Morgan fingerprint density at radius 2 is 1.69 bits per heavy atom. The molecule has 0 unspecified atom stereocenters. The number of hydrogen-bond acceptors (Lipinski definition) is 3. The van der Waals surface area contributed by atoms with Crippen molar-refractivity contribution in [1.29, 1.82) is 0 Å². The van der Waals surface area contributed by atoms with Gasteiger partial charge in [-0.3, -0.25) is 0 Å². The zero-order valence-corrected chi connectivity index (χ0v) is 10.1. The summed E-state index contributed by atoms with van der Waals surface area (Å²) >= 11 is 0. The van der Waals surface area contributed by atoms with Gasteiger partial charge in [-0.2, -0.15) is 0 Å². The molecule has 3 heteroatoms. The van der Waals surface area contributed by atoms with Crippen LogP contribution in [0, 0.1) is 5.41 Å². The second kappa shape index (κ2) is 5.78. The lowest BCUT2D eigenvalue weighted by Crippen LogP contribution is -2.43. The number of rotatable bonds is 3. The second-order valence-electron chi connectivity index (χ2n) is 5.28. The summed E-state index contributed by atoms with van der Waals surface area (Å²) in [5.74, 6) is 0. The van der Waals surface area contributed by atoms with Crippen LogP contribution in [0.15, 0.2) is 0 Å². The van der Waals surface area contributed by atoms with Gasteiger partial charge in [0, 0.05) is 25.2 Å². The molecule has 0 aromatic heterocycles. The summed E-state index contributed by atoms with van der Waals surface area (Å²) in [4.78, 5) is 13.9. The summed E-state index contributed by atoms with van der Waals surface area (Å²) in [6.07, 6.45) is 8.32. The summed E-state index contributed by atoms with van der Waals surface area (Å²) in [6.45, 7) is 4.83. The first-order valence-electron chi connectivity index (χ1n) is 6.61. The zero-order chi connectivity index (χ0) is 11.3. The smallest absolute Gasteiger partial charge is 0.127 e. The fourth-order valence-corrected chi connectivity index (χ4v) is 2.83. The van der Waals surface area contributed by atoms with E-state index in [1.807, 2.05) is 0 Å². The average molecular weight is 225 g/mol. The topological polar surface area (TPSA) is 29.5 Å². The van der Waals surface area contributed by atoms with Gasteiger partial charge < -0.3 is 14.4 Å². The Morgan fingerprint density at radius 3 is 2.25 bits per heavy atom. The highest BCUT2D eigenvalue weighted by molar-refractivity contribution is 5.60. The van der Waals surface area contributed by atoms with Gasteiger partial charge in [0.25, 0.3) is 0 Å². The van der Waals surface area contributed by atoms with Crippen molar-refractivity contribution in [2.24, 2.45) is 5.41 Å². The predicted molar refractivity (Wildman–Crippen MR) is 63.5 cm³/mol. The Balaban J connectivity index is 1.91. The van der Waals surface area contributed by atoms with Crippen molar-refractivity contribution in [3.63, 3.8) is 0 Å². The maximum Gasteiger partial charge on any atom is 0.127 e. The van der Waals surface area contributed by atoms with Crippen molar-refractivity contribution in [2.75, 3.05) is 32.8 Å². The molecule has 0 aliphatic carbocycles. The fourth-order valence-electron chi connectivity index (χ4n) is 2.83. The molecule has 2 aliphatic rings. The molecule has 0 N–H and O–H groups in total. The molecule has 0 atom stereocenters. The summed E-state index contributed by atoms with van der Waals surface area (Å²) in [5.41, 5.74) is -0.109. The third-order valence-corrected chi connectivity index (χ3v) is 3.98. The maximum atomic E-state index is 11.4. The van der Waals surface area contributed by atoms with Gasteiger partial charge in [0.1, 0.15) is 6.29 Å². The lowest BCUT2D eigenvalue weighted by molar-refractivity contribution is -0.123. The first kappa shape index (κ1) is 12.1. The van der Waals surface area contributed by atoms with Gasteiger partial charge in [-0.1, -0.05) is 12.8 Å². The predicted octanol–water partition coefficient (Wildman–Crippen LogP) is 1.86. The third-order valence-electron chi connectivity index (χ3n) is 3.98. The van der Waals surface area contributed by atoms with Crippen molar-refractivity contribution >= 4 is 6.29 Å². The molecule has 0 amide bonds.